The van der Waals surface area contributed by atoms with Gasteiger partial charge in [-0.05, 0) is 155 Å². The van der Waals surface area contributed by atoms with Crippen LogP contribution in [0.4, 0.5) is 17.1 Å². The summed E-state index contributed by atoms with van der Waals surface area (Å²) in [6.07, 6.45) is 1.75. The molecule has 2 nitrogen and oxygen atoms in total. The van der Waals surface area contributed by atoms with Gasteiger partial charge in [-0.3, -0.25) is 0 Å². The first kappa shape index (κ1) is 45.4. The summed E-state index contributed by atoms with van der Waals surface area (Å²) < 4.78 is 5.58. The van der Waals surface area contributed by atoms with E-state index in [0.29, 0.717) is 0 Å². The Morgan fingerprint density at radius 1 is 0.244 bits per heavy atom. The van der Waals surface area contributed by atoms with Crippen molar-refractivity contribution >= 4 is 28.0 Å². The van der Waals surface area contributed by atoms with Crippen molar-refractivity contribution in [3.05, 3.63) is 354 Å². The van der Waals surface area contributed by atoms with E-state index in [1.807, 2.05) is 12.1 Å². The van der Waals surface area contributed by atoms with Crippen LogP contribution in [-0.2, 0) is 10.8 Å². The minimum Gasteiger partial charge on any atom is -0.464 e. The molecule has 0 bridgehead atoms. The van der Waals surface area contributed by atoms with Crippen molar-refractivity contribution < 1.29 is 4.42 Å². The monoisotopic (exact) mass is 993 g/mol. The SMILES string of the molecule is c1ccc(C2(c3ccccc3)c3ccccc3-c3cc(N(c4ccc(-c5ccc(-c6ccc(-c7ccc8occc8c7)cc6)cc5)cc4)c4ccc5c(c4)C(c4ccccc4)(c4ccccc4)c4ccccc4-5)ccc32)cc1. The molecule has 2 aliphatic rings. The quantitative estimate of drug-likeness (QED) is 0.136. The first-order valence-electron chi connectivity index (χ1n) is 27.0. The second-order valence-corrected chi connectivity index (χ2v) is 20.7. The maximum Gasteiger partial charge on any atom is 0.133 e. The molecule has 1 aromatic heterocycles. The Morgan fingerprint density at radius 2 is 0.615 bits per heavy atom. The minimum absolute atomic E-state index is 0.501. The van der Waals surface area contributed by atoms with Crippen molar-refractivity contribution in [1.82, 2.24) is 0 Å². The topological polar surface area (TPSA) is 16.4 Å². The average Bonchev–Trinajstić information content (AvgIpc) is 4.41. The number of anilines is 3. The molecular formula is C76H51NO. The van der Waals surface area contributed by atoms with Crippen molar-refractivity contribution in [2.75, 3.05) is 4.90 Å². The van der Waals surface area contributed by atoms with Crippen molar-refractivity contribution in [2.24, 2.45) is 0 Å². The molecule has 1 heterocycles. The highest BCUT2D eigenvalue weighted by molar-refractivity contribution is 5.93. The fourth-order valence-corrected chi connectivity index (χ4v) is 13.3. The van der Waals surface area contributed by atoms with Crippen molar-refractivity contribution in [1.29, 1.82) is 0 Å². The summed E-state index contributed by atoms with van der Waals surface area (Å²) in [6.45, 7) is 0. The van der Waals surface area contributed by atoms with E-state index < -0.39 is 10.8 Å². The maximum atomic E-state index is 5.58. The number of hydrogen-bond acceptors (Lipinski definition) is 2. The molecule has 0 atom stereocenters. The summed E-state index contributed by atoms with van der Waals surface area (Å²) in [6, 6.07) is 112. The second-order valence-electron chi connectivity index (χ2n) is 20.7. The van der Waals surface area contributed by atoms with Crippen LogP contribution in [0.2, 0.25) is 0 Å². The van der Waals surface area contributed by atoms with Crippen molar-refractivity contribution in [3.63, 3.8) is 0 Å². The zero-order chi connectivity index (χ0) is 51.6. The van der Waals surface area contributed by atoms with Gasteiger partial charge in [-0.25, -0.2) is 0 Å². The zero-order valence-electron chi connectivity index (χ0n) is 42.8. The fraction of sp³-hybridized carbons (Fsp3) is 0.0263. The normalized spacial score (nSPS) is 13.3. The van der Waals surface area contributed by atoms with Gasteiger partial charge in [0.15, 0.2) is 0 Å². The molecular weight excluding hydrogens is 943 g/mol. The third-order valence-corrected chi connectivity index (χ3v) is 16.7. The summed E-state index contributed by atoms with van der Waals surface area (Å²) in [4.78, 5) is 2.47. The predicted octanol–water partition coefficient (Wildman–Crippen LogP) is 19.6. The molecule has 15 rings (SSSR count). The largest absolute Gasteiger partial charge is 0.464 e. The number of nitrogens with zero attached hydrogens (tertiary/aromatic N) is 1. The molecule has 0 saturated heterocycles. The average molecular weight is 994 g/mol. The van der Waals surface area contributed by atoms with Crippen LogP contribution in [0.5, 0.6) is 0 Å². The molecule has 0 unspecified atom stereocenters. The molecule has 0 radical (unpaired) electrons. The standard InChI is InChI=1S/C76H51NO/c1-5-17-59(18-6-1)75(60-19-7-2-8-20-60)71-28-16-14-26-67(71)69-50-64(43-45-72(69)75)77(65-42-44-68-66-25-13-15-27-70(66)76(73(68)51-65,61-21-9-3-10-22-61)62-23-11-4-12-24-62)63-40-37-55(38-41-63)54-31-29-52(30-32-54)53-33-35-56(36-34-53)57-39-46-74-58(49-57)47-48-78-74/h1-51H. The van der Waals surface area contributed by atoms with E-state index in [1.54, 1.807) is 6.26 Å². The Labute approximate surface area is 455 Å². The van der Waals surface area contributed by atoms with Crippen LogP contribution >= 0.6 is 0 Å². The molecule has 366 valence electrons. The summed E-state index contributed by atoms with van der Waals surface area (Å²) in [5.41, 5.74) is 25.3. The smallest absolute Gasteiger partial charge is 0.133 e. The van der Waals surface area contributed by atoms with E-state index in [-0.39, 0.29) is 0 Å². The first-order valence-corrected chi connectivity index (χ1v) is 27.0. The van der Waals surface area contributed by atoms with Gasteiger partial charge in [0.1, 0.15) is 5.58 Å². The predicted molar refractivity (Wildman–Crippen MR) is 322 cm³/mol. The summed E-state index contributed by atoms with van der Waals surface area (Å²) in [7, 11) is 0. The van der Waals surface area contributed by atoms with Crippen molar-refractivity contribution in [3.8, 4) is 55.6 Å². The van der Waals surface area contributed by atoms with Gasteiger partial charge in [-0.1, -0.05) is 249 Å². The molecule has 2 aliphatic carbocycles. The van der Waals surface area contributed by atoms with Gasteiger partial charge in [0.2, 0.25) is 0 Å². The molecule has 0 saturated carbocycles. The number of furan rings is 1. The fourth-order valence-electron chi connectivity index (χ4n) is 13.3. The Balaban J connectivity index is 0.871. The lowest BCUT2D eigenvalue weighted by atomic mass is 9.67. The molecule has 13 aromatic rings. The highest BCUT2D eigenvalue weighted by Gasteiger charge is 2.48. The highest BCUT2D eigenvalue weighted by atomic mass is 16.3. The van der Waals surface area contributed by atoms with Gasteiger partial charge >= 0.3 is 0 Å². The number of hydrogen-bond donors (Lipinski definition) is 0. The van der Waals surface area contributed by atoms with Gasteiger partial charge in [-0.2, -0.15) is 0 Å². The van der Waals surface area contributed by atoms with Crippen LogP contribution in [0.15, 0.2) is 314 Å². The third-order valence-electron chi connectivity index (χ3n) is 16.7. The first-order chi connectivity index (χ1) is 38.7. The molecule has 0 amide bonds. The summed E-state index contributed by atoms with van der Waals surface area (Å²) in [5, 5.41) is 1.11. The lowest BCUT2D eigenvalue weighted by Gasteiger charge is -2.35. The number of benzene rings is 12. The van der Waals surface area contributed by atoms with Gasteiger partial charge in [0, 0.05) is 22.4 Å². The van der Waals surface area contributed by atoms with E-state index in [1.165, 1.54) is 94.6 Å². The Bertz CT molecular complexity index is 4250. The lowest BCUT2D eigenvalue weighted by molar-refractivity contribution is 0.616. The third kappa shape index (κ3) is 7.04. The minimum atomic E-state index is -0.550. The van der Waals surface area contributed by atoms with Crippen LogP contribution < -0.4 is 4.90 Å². The maximum absolute atomic E-state index is 5.58. The molecule has 0 N–H and O–H groups in total. The van der Waals surface area contributed by atoms with Crippen LogP contribution in [0.25, 0.3) is 66.6 Å². The summed E-state index contributed by atoms with van der Waals surface area (Å²) >= 11 is 0. The van der Waals surface area contributed by atoms with Crippen LogP contribution in [0.1, 0.15) is 44.5 Å². The Morgan fingerprint density at radius 3 is 1.14 bits per heavy atom. The van der Waals surface area contributed by atoms with E-state index in [9.17, 15) is 0 Å². The van der Waals surface area contributed by atoms with Crippen LogP contribution in [-0.4, -0.2) is 0 Å². The van der Waals surface area contributed by atoms with Gasteiger partial charge < -0.3 is 9.32 Å². The Hall–Kier alpha value is -10.0. The molecule has 0 aliphatic heterocycles. The summed E-state index contributed by atoms with van der Waals surface area (Å²) in [5.74, 6) is 0. The second kappa shape index (κ2) is 18.4. The van der Waals surface area contributed by atoms with Gasteiger partial charge in [-0.15, -0.1) is 0 Å². The molecule has 0 fully saturated rings. The van der Waals surface area contributed by atoms with Gasteiger partial charge in [0.05, 0.1) is 17.1 Å². The highest BCUT2D eigenvalue weighted by Crippen LogP contribution is 2.59. The van der Waals surface area contributed by atoms with Crippen LogP contribution in [0.3, 0.4) is 0 Å². The van der Waals surface area contributed by atoms with E-state index in [4.69, 9.17) is 4.42 Å². The molecule has 0 spiro atoms. The van der Waals surface area contributed by atoms with E-state index in [0.717, 1.165) is 33.6 Å². The molecule has 2 heteroatoms. The van der Waals surface area contributed by atoms with E-state index >= 15 is 0 Å². The van der Waals surface area contributed by atoms with Gasteiger partial charge in [0.25, 0.3) is 0 Å². The number of fused-ring (bicyclic) bond motifs is 7. The number of rotatable bonds is 10. The lowest BCUT2D eigenvalue weighted by Crippen LogP contribution is -2.28. The Kier molecular flexibility index (Phi) is 10.7. The molecule has 12 aromatic carbocycles. The van der Waals surface area contributed by atoms with Crippen LogP contribution in [0, 0.1) is 0 Å². The molecule has 78 heavy (non-hydrogen) atoms. The van der Waals surface area contributed by atoms with E-state index in [2.05, 4.69) is 296 Å². The van der Waals surface area contributed by atoms with Crippen molar-refractivity contribution in [2.45, 2.75) is 10.8 Å². The zero-order valence-corrected chi connectivity index (χ0v) is 42.8.